The van der Waals surface area contributed by atoms with Gasteiger partial charge >= 0.3 is 5.97 Å². The number of hydrogen-bond acceptors (Lipinski definition) is 10. The van der Waals surface area contributed by atoms with E-state index in [-0.39, 0.29) is 22.2 Å². The maximum Gasteiger partial charge on any atom is 0.353 e. The summed E-state index contributed by atoms with van der Waals surface area (Å²) in [5.41, 5.74) is 6.80. The van der Waals surface area contributed by atoms with Crippen LogP contribution < -0.4 is 15.6 Å². The average molecular weight is 536 g/mol. The number of thiazole rings is 1. The number of aromatic nitrogens is 2. The number of nitrogens with zero attached hydrogens (tertiary/aromatic N) is 4. The number of rotatable bonds is 8. The topological polar surface area (TPSA) is 151 Å². The van der Waals surface area contributed by atoms with Gasteiger partial charge in [-0.05, 0) is 6.92 Å². The molecule has 0 aliphatic carbocycles. The summed E-state index contributed by atoms with van der Waals surface area (Å²) in [6.07, 6.45) is 3.92. The van der Waals surface area contributed by atoms with Gasteiger partial charge in [0.25, 0.3) is 11.8 Å². The van der Waals surface area contributed by atoms with Crippen LogP contribution in [0.1, 0.15) is 11.3 Å². The molecule has 2 aromatic rings. The first kappa shape index (κ1) is 25.0. The molecule has 2 aliphatic heterocycles. The van der Waals surface area contributed by atoms with Crippen LogP contribution in [0.2, 0.25) is 0 Å². The number of hydrogen-bond donors (Lipinski definition) is 3. The van der Waals surface area contributed by atoms with E-state index in [2.05, 4.69) is 15.5 Å². The fraction of sp³-hybridized carbons (Fsp3) is 0.333. The molecule has 11 nitrogen and oxygen atoms in total. The van der Waals surface area contributed by atoms with E-state index in [4.69, 9.17) is 10.6 Å². The van der Waals surface area contributed by atoms with Gasteiger partial charge < -0.3 is 21.0 Å². The zero-order valence-corrected chi connectivity index (χ0v) is 21.5. The van der Waals surface area contributed by atoms with Crippen LogP contribution in [-0.2, 0) is 26.3 Å². The Morgan fingerprint density at radius 3 is 2.89 bits per heavy atom. The van der Waals surface area contributed by atoms with Crippen LogP contribution in [0.3, 0.4) is 0 Å². The molecule has 2 aromatic heterocycles. The summed E-state index contributed by atoms with van der Waals surface area (Å²) in [5.74, 6) is -1.45. The molecule has 14 heteroatoms. The number of aryl methyl sites for hydroxylation is 2. The summed E-state index contributed by atoms with van der Waals surface area (Å²) in [6.45, 7) is 1.99. The number of carbonyl (C=O) groups excluding carboxylic acids is 2. The number of nitrogen functional groups attached to an aromatic ring is 1. The van der Waals surface area contributed by atoms with Crippen molar-refractivity contribution in [1.82, 2.24) is 15.2 Å². The number of thioether (sulfide) groups is 2. The lowest BCUT2D eigenvalue weighted by atomic mass is 9.94. The number of pyridine rings is 1. The number of nitrogens with two attached hydrogens (primary N) is 1. The van der Waals surface area contributed by atoms with Gasteiger partial charge in [-0.15, -0.1) is 34.9 Å². The summed E-state index contributed by atoms with van der Waals surface area (Å²) in [6, 6.07) is 0.610. The van der Waals surface area contributed by atoms with E-state index >= 15 is 0 Å². The minimum atomic E-state index is -1.17. The van der Waals surface area contributed by atoms with Crippen molar-refractivity contribution in [3.8, 4) is 0 Å². The first-order valence-corrected chi connectivity index (χ1v) is 13.2. The van der Waals surface area contributed by atoms with Gasteiger partial charge in [0.15, 0.2) is 23.2 Å². The molecule has 1 saturated heterocycles. The predicted octanol–water partition coefficient (Wildman–Crippen LogP) is 0.740. The van der Waals surface area contributed by atoms with Crippen LogP contribution >= 0.6 is 34.9 Å². The van der Waals surface area contributed by atoms with Crippen LogP contribution in [-0.4, -0.2) is 69.2 Å². The van der Waals surface area contributed by atoms with Crippen molar-refractivity contribution in [3.63, 3.8) is 0 Å². The SMILES string of the molecule is CON=C(C(=O)NC1C(=O)N2C(C(=O)O)=C(CSc3cc[n+](C)cc3C)SCC12)c1csc(N)n1. The number of oxime groups is 1. The second-order valence-electron chi connectivity index (χ2n) is 7.75. The Labute approximate surface area is 213 Å². The number of carboxylic acid groups (broad SMARTS) is 1. The van der Waals surface area contributed by atoms with E-state index in [9.17, 15) is 19.5 Å². The molecule has 184 valence electrons. The van der Waals surface area contributed by atoms with E-state index in [0.717, 1.165) is 21.8 Å². The Bertz CT molecular complexity index is 1260. The quantitative estimate of drug-likeness (QED) is 0.146. The number of anilines is 1. The van der Waals surface area contributed by atoms with Gasteiger partial charge in [0, 0.05) is 38.3 Å². The minimum absolute atomic E-state index is 0.0357. The molecular weight excluding hydrogens is 512 g/mol. The van der Waals surface area contributed by atoms with Gasteiger partial charge in [-0.2, -0.15) is 0 Å². The maximum absolute atomic E-state index is 13.0. The van der Waals surface area contributed by atoms with Crippen molar-refractivity contribution in [1.29, 1.82) is 0 Å². The van der Waals surface area contributed by atoms with Crippen LogP contribution in [0.5, 0.6) is 0 Å². The molecular formula is C21H23N6O5S3+. The third kappa shape index (κ3) is 4.99. The molecule has 4 N–H and O–H groups in total. The van der Waals surface area contributed by atoms with Crippen LogP contribution in [0.4, 0.5) is 5.13 Å². The molecule has 2 aliphatic rings. The van der Waals surface area contributed by atoms with Crippen molar-refractivity contribution in [3.05, 3.63) is 45.7 Å². The van der Waals surface area contributed by atoms with Gasteiger partial charge in [-0.25, -0.2) is 14.3 Å². The van der Waals surface area contributed by atoms with E-state index in [0.29, 0.717) is 16.4 Å². The Hall–Kier alpha value is -3.10. The second kappa shape index (κ2) is 10.3. The Morgan fingerprint density at radius 2 is 2.26 bits per heavy atom. The first-order valence-electron chi connectivity index (χ1n) is 10.4. The Morgan fingerprint density at radius 1 is 1.49 bits per heavy atom. The van der Waals surface area contributed by atoms with Gasteiger partial charge in [0.1, 0.15) is 31.6 Å². The lowest BCUT2D eigenvalue weighted by molar-refractivity contribution is -0.672. The van der Waals surface area contributed by atoms with Gasteiger partial charge in [-0.1, -0.05) is 5.16 Å². The molecule has 1 fully saturated rings. The van der Waals surface area contributed by atoms with Crippen molar-refractivity contribution < 1.29 is 28.9 Å². The summed E-state index contributed by atoms with van der Waals surface area (Å²) < 4.78 is 1.95. The standard InChI is InChI=1S/C21H22N6O5S3/c1-10-6-26(2)5-4-13(10)34-9-14-17(20(30)31)27-12(8-33-14)16(19(27)29)24-18(28)15(25-32-3)11-7-35-21(22)23-11/h4-7,12,16H,8-9H2,1-3H3,(H3-,22,23,24,28,30,31)/p+1. The monoisotopic (exact) mass is 535 g/mol. The van der Waals surface area contributed by atoms with Gasteiger partial charge in [-0.3, -0.25) is 14.5 Å². The summed E-state index contributed by atoms with van der Waals surface area (Å²) in [5, 5.41) is 18.1. The molecule has 2 atom stereocenters. The van der Waals surface area contributed by atoms with Crippen LogP contribution in [0.15, 0.2) is 44.5 Å². The minimum Gasteiger partial charge on any atom is -0.477 e. The molecule has 0 aromatic carbocycles. The number of fused-ring (bicyclic) bond motifs is 1. The lowest BCUT2D eigenvalue weighted by Crippen LogP contribution is -2.73. The van der Waals surface area contributed by atoms with Crippen LogP contribution in [0, 0.1) is 6.92 Å². The maximum atomic E-state index is 13.0. The fourth-order valence-electron chi connectivity index (χ4n) is 3.81. The Kier molecular flexibility index (Phi) is 7.33. The lowest BCUT2D eigenvalue weighted by Gasteiger charge is -2.49. The zero-order valence-electron chi connectivity index (χ0n) is 19.0. The highest BCUT2D eigenvalue weighted by Crippen LogP contribution is 2.41. The number of amides is 2. The molecule has 2 amide bonds. The van der Waals surface area contributed by atoms with Gasteiger partial charge in [0.2, 0.25) is 0 Å². The van der Waals surface area contributed by atoms with Crippen molar-refractivity contribution in [2.45, 2.75) is 23.9 Å². The van der Waals surface area contributed by atoms with E-state index in [1.807, 2.05) is 37.0 Å². The summed E-state index contributed by atoms with van der Waals surface area (Å²) in [4.78, 5) is 49.7. The number of carbonyl (C=O) groups is 3. The van der Waals surface area contributed by atoms with Crippen molar-refractivity contribution in [2.24, 2.45) is 12.2 Å². The normalized spacial score (nSPS) is 19.8. The number of β-lactam (4-membered cyclic amide) rings is 1. The summed E-state index contributed by atoms with van der Waals surface area (Å²) >= 11 is 4.05. The highest BCUT2D eigenvalue weighted by atomic mass is 32.2. The zero-order chi connectivity index (χ0) is 25.3. The fourth-order valence-corrected chi connectivity index (χ4v) is 6.76. The predicted molar refractivity (Wildman–Crippen MR) is 133 cm³/mol. The second-order valence-corrected chi connectivity index (χ2v) is 10.8. The molecule has 35 heavy (non-hydrogen) atoms. The van der Waals surface area contributed by atoms with E-state index in [1.165, 1.54) is 35.5 Å². The third-order valence-corrected chi connectivity index (χ3v) is 8.66. The van der Waals surface area contributed by atoms with E-state index < -0.39 is 29.9 Å². The molecule has 0 bridgehead atoms. The van der Waals surface area contributed by atoms with Crippen molar-refractivity contribution in [2.75, 3.05) is 24.3 Å². The van der Waals surface area contributed by atoms with E-state index in [1.54, 1.807) is 5.38 Å². The highest BCUT2D eigenvalue weighted by molar-refractivity contribution is 8.06. The smallest absolute Gasteiger partial charge is 0.353 e. The van der Waals surface area contributed by atoms with Gasteiger partial charge in [0.05, 0.1) is 6.04 Å². The Balaban J connectivity index is 1.49. The molecule has 4 rings (SSSR count). The molecule has 2 unspecified atom stereocenters. The van der Waals surface area contributed by atoms with Crippen LogP contribution in [0.25, 0.3) is 0 Å². The highest BCUT2D eigenvalue weighted by Gasteiger charge is 2.54. The average Bonchev–Trinajstić information content (AvgIpc) is 3.25. The summed E-state index contributed by atoms with van der Waals surface area (Å²) in [7, 11) is 3.22. The van der Waals surface area contributed by atoms with Crippen molar-refractivity contribution >= 4 is 63.5 Å². The molecule has 4 heterocycles. The largest absolute Gasteiger partial charge is 0.477 e. The molecule has 0 radical (unpaired) electrons. The first-order chi connectivity index (χ1) is 16.7. The molecule has 0 spiro atoms. The number of carboxylic acids is 1. The third-order valence-electron chi connectivity index (χ3n) is 5.41. The number of aliphatic carboxylic acids is 1. The molecule has 0 saturated carbocycles. The number of nitrogens with one attached hydrogen (secondary N) is 1.